The molecule has 234 valence electrons. The fourth-order valence-corrected chi connectivity index (χ4v) is 11.5. The largest absolute Gasteiger partial charge is 0.393 e. The van der Waals surface area contributed by atoms with Crippen LogP contribution < -0.4 is 5.32 Å². The molecule has 0 radical (unpaired) electrons. The maximum Gasteiger partial charge on any atom is 0.248 e. The van der Waals surface area contributed by atoms with E-state index in [-0.39, 0.29) is 50.4 Å². The molecule has 5 aliphatic rings. The molecule has 0 heterocycles. The van der Waals surface area contributed by atoms with Crippen LogP contribution in [0.4, 0.5) is 5.69 Å². The second-order valence-corrected chi connectivity index (χ2v) is 17.4. The fourth-order valence-electron chi connectivity index (χ4n) is 11.5. The third-order valence-corrected chi connectivity index (χ3v) is 14.5. The predicted octanol–water partition coefficient (Wildman–Crippen LogP) is 8.83. The first-order chi connectivity index (χ1) is 20.0. The number of aliphatic hydroxyl groups is 1. The summed E-state index contributed by atoms with van der Waals surface area (Å²) in [5.41, 5.74) is 3.08. The van der Waals surface area contributed by atoms with Gasteiger partial charge in [0.05, 0.1) is 6.10 Å². The third kappa shape index (κ3) is 4.55. The van der Waals surface area contributed by atoms with E-state index in [0.717, 1.165) is 62.6 Å². The maximum absolute atomic E-state index is 14.5. The molecule has 0 spiro atoms. The number of ketones is 1. The SMILES string of the molecule is Cc1cccc(NC(=O)/C=C/[C@@]2(C)CC[C@]3(C)CC[C@]4(C)C(=CC(=O)[C@@H]5[C@@]6(C)CC[C@H](O)C(C)(C)[C@@H]6CC[C@]54C)[C@@H]3C2)c1. The van der Waals surface area contributed by atoms with Gasteiger partial charge in [-0.05, 0) is 139 Å². The number of allylic oxidation sites excluding steroid dienone is 3. The Morgan fingerprint density at radius 3 is 2.40 bits per heavy atom. The summed E-state index contributed by atoms with van der Waals surface area (Å²) in [5, 5.41) is 14.0. The Morgan fingerprint density at radius 1 is 0.953 bits per heavy atom. The minimum Gasteiger partial charge on any atom is -0.393 e. The Morgan fingerprint density at radius 2 is 1.67 bits per heavy atom. The van der Waals surface area contributed by atoms with Gasteiger partial charge in [0.1, 0.15) is 0 Å². The number of nitrogens with one attached hydrogen (secondary N) is 1. The van der Waals surface area contributed by atoms with Crippen LogP contribution in [0.25, 0.3) is 0 Å². The second-order valence-electron chi connectivity index (χ2n) is 17.4. The van der Waals surface area contributed by atoms with E-state index in [2.05, 4.69) is 65.9 Å². The van der Waals surface area contributed by atoms with Gasteiger partial charge in [0.2, 0.25) is 5.91 Å². The molecule has 1 aromatic rings. The smallest absolute Gasteiger partial charge is 0.248 e. The molecule has 1 amide bonds. The number of hydrogen-bond acceptors (Lipinski definition) is 3. The lowest BCUT2D eigenvalue weighted by atomic mass is 9.33. The Balaban J connectivity index is 1.31. The van der Waals surface area contributed by atoms with Crippen LogP contribution in [0.5, 0.6) is 0 Å². The molecule has 1 aromatic carbocycles. The van der Waals surface area contributed by atoms with Crippen molar-refractivity contribution >= 4 is 17.4 Å². The highest BCUT2D eigenvalue weighted by Gasteiger charge is 2.70. The number of aliphatic hydroxyl groups excluding tert-OH is 1. The average Bonchev–Trinajstić information content (AvgIpc) is 2.92. The van der Waals surface area contributed by atoms with E-state index in [1.54, 1.807) is 6.08 Å². The van der Waals surface area contributed by atoms with E-state index in [4.69, 9.17) is 0 Å². The first kappa shape index (κ1) is 30.8. The van der Waals surface area contributed by atoms with Crippen LogP contribution in [-0.4, -0.2) is 22.9 Å². The van der Waals surface area contributed by atoms with Crippen molar-refractivity contribution in [1.29, 1.82) is 0 Å². The number of amides is 1. The van der Waals surface area contributed by atoms with Gasteiger partial charge in [-0.25, -0.2) is 0 Å². The van der Waals surface area contributed by atoms with Gasteiger partial charge in [0.15, 0.2) is 5.78 Å². The number of rotatable bonds is 3. The number of carbonyl (C=O) groups excluding carboxylic acids is 2. The zero-order valence-electron chi connectivity index (χ0n) is 28.0. The number of anilines is 1. The van der Waals surface area contributed by atoms with Crippen LogP contribution in [0.15, 0.2) is 48.1 Å². The molecule has 0 aromatic heterocycles. The van der Waals surface area contributed by atoms with Gasteiger partial charge in [0.25, 0.3) is 0 Å². The van der Waals surface area contributed by atoms with E-state index in [1.165, 1.54) is 12.0 Å². The van der Waals surface area contributed by atoms with Gasteiger partial charge < -0.3 is 10.4 Å². The molecule has 4 heteroatoms. The molecule has 0 saturated heterocycles. The van der Waals surface area contributed by atoms with Gasteiger partial charge in [-0.1, -0.05) is 72.2 Å². The van der Waals surface area contributed by atoms with Crippen LogP contribution >= 0.6 is 0 Å². The molecule has 4 saturated carbocycles. The molecule has 5 aliphatic carbocycles. The van der Waals surface area contributed by atoms with E-state index >= 15 is 0 Å². The van der Waals surface area contributed by atoms with Gasteiger partial charge in [-0.3, -0.25) is 9.59 Å². The number of aryl methyl sites for hydroxylation is 1. The summed E-state index contributed by atoms with van der Waals surface area (Å²) < 4.78 is 0. The summed E-state index contributed by atoms with van der Waals surface area (Å²) in [4.78, 5) is 27.4. The Hall–Kier alpha value is -2.20. The van der Waals surface area contributed by atoms with Crippen molar-refractivity contribution in [2.24, 2.45) is 50.2 Å². The zero-order chi connectivity index (χ0) is 31.2. The lowest BCUT2D eigenvalue weighted by molar-refractivity contribution is -0.202. The molecule has 0 bridgehead atoms. The lowest BCUT2D eigenvalue weighted by Crippen LogP contribution is -2.66. The van der Waals surface area contributed by atoms with E-state index < -0.39 is 0 Å². The summed E-state index contributed by atoms with van der Waals surface area (Å²) in [7, 11) is 0. The Bertz CT molecular complexity index is 1390. The minimum atomic E-state index is -0.294. The quantitative estimate of drug-likeness (QED) is 0.348. The summed E-state index contributed by atoms with van der Waals surface area (Å²) in [6, 6.07) is 7.92. The van der Waals surface area contributed by atoms with Crippen LogP contribution in [0, 0.1) is 57.2 Å². The lowest BCUT2D eigenvalue weighted by Gasteiger charge is -2.70. The summed E-state index contributed by atoms with van der Waals surface area (Å²) >= 11 is 0. The molecule has 4 nitrogen and oxygen atoms in total. The number of benzene rings is 1. The molecular weight excluding hydrogens is 530 g/mol. The molecule has 2 N–H and O–H groups in total. The van der Waals surface area contributed by atoms with Crippen molar-refractivity contribution in [3.05, 3.63) is 53.6 Å². The first-order valence-electron chi connectivity index (χ1n) is 17.0. The predicted molar refractivity (Wildman–Crippen MR) is 174 cm³/mol. The third-order valence-electron chi connectivity index (χ3n) is 14.5. The highest BCUT2D eigenvalue weighted by atomic mass is 16.3. The average molecular weight is 586 g/mol. The standard InChI is InChI=1S/C39H55NO3/c1-25-10-9-11-26(22-25)40-32(43)14-15-35(4)18-19-36(5)20-21-38(7)27(28(36)24-35)23-29(41)33-37(6)16-13-31(42)34(2,3)30(37)12-17-39(33,38)8/h9-11,14-15,22-23,28,30-31,33,42H,12-13,16-21,24H2,1-8H3,(H,40,43)/b15-14+/t28-,30-,31-,33+,35-,36+,37-,38+,39+/m0/s1. The van der Waals surface area contributed by atoms with Crippen molar-refractivity contribution < 1.29 is 14.7 Å². The fraction of sp³-hybridized carbons (Fsp3) is 0.692. The molecular formula is C39H55NO3. The monoisotopic (exact) mass is 585 g/mol. The highest BCUT2D eigenvalue weighted by Crippen LogP contribution is 2.75. The number of carbonyl (C=O) groups is 2. The molecule has 9 atom stereocenters. The van der Waals surface area contributed by atoms with Crippen molar-refractivity contribution in [2.75, 3.05) is 5.32 Å². The van der Waals surface area contributed by atoms with E-state index in [1.807, 2.05) is 31.2 Å². The van der Waals surface area contributed by atoms with Crippen LogP contribution in [0.3, 0.4) is 0 Å². The first-order valence-corrected chi connectivity index (χ1v) is 17.0. The number of hydrogen-bond donors (Lipinski definition) is 2. The van der Waals surface area contributed by atoms with Crippen molar-refractivity contribution in [3.63, 3.8) is 0 Å². The van der Waals surface area contributed by atoms with Crippen molar-refractivity contribution in [3.8, 4) is 0 Å². The molecule has 6 rings (SSSR count). The molecule has 0 aliphatic heterocycles. The van der Waals surface area contributed by atoms with Crippen LogP contribution in [0.2, 0.25) is 0 Å². The normalized spacial score (nSPS) is 45.3. The van der Waals surface area contributed by atoms with E-state index in [9.17, 15) is 14.7 Å². The van der Waals surface area contributed by atoms with Gasteiger partial charge in [-0.15, -0.1) is 0 Å². The van der Waals surface area contributed by atoms with Gasteiger partial charge in [0, 0.05) is 11.6 Å². The molecule has 0 unspecified atom stereocenters. The van der Waals surface area contributed by atoms with Crippen LogP contribution in [0.1, 0.15) is 112 Å². The van der Waals surface area contributed by atoms with Crippen molar-refractivity contribution in [1.82, 2.24) is 0 Å². The highest BCUT2D eigenvalue weighted by molar-refractivity contribution is 5.99. The summed E-state index contributed by atoms with van der Waals surface area (Å²) in [6.07, 6.45) is 15.1. The Labute approximate surface area is 260 Å². The van der Waals surface area contributed by atoms with E-state index in [0.29, 0.717) is 17.6 Å². The summed E-state index contributed by atoms with van der Waals surface area (Å²) in [5.74, 6) is 0.961. The second kappa shape index (κ2) is 9.90. The van der Waals surface area contributed by atoms with Gasteiger partial charge in [-0.2, -0.15) is 0 Å². The molecule has 43 heavy (non-hydrogen) atoms. The van der Waals surface area contributed by atoms with Gasteiger partial charge >= 0.3 is 0 Å². The van der Waals surface area contributed by atoms with Crippen LogP contribution in [-0.2, 0) is 9.59 Å². The maximum atomic E-state index is 14.5. The topological polar surface area (TPSA) is 66.4 Å². The zero-order valence-corrected chi connectivity index (χ0v) is 28.0. The van der Waals surface area contributed by atoms with Crippen molar-refractivity contribution in [2.45, 2.75) is 119 Å². The summed E-state index contributed by atoms with van der Waals surface area (Å²) in [6.45, 7) is 18.6. The molecule has 4 fully saturated rings. The number of fused-ring (bicyclic) bond motifs is 7. The minimum absolute atomic E-state index is 0.00354. The Kier molecular flexibility index (Phi) is 7.09.